The number of urea groups is 1. The Hall–Kier alpha value is -3.23. The number of Topliss-reactive ketones (excluding diaryl/α,β-unsaturated/α-hetero) is 1. The van der Waals surface area contributed by atoms with Crippen LogP contribution in [0.3, 0.4) is 0 Å². The van der Waals surface area contributed by atoms with E-state index in [-0.39, 0.29) is 37.6 Å². The number of amides is 4. The number of anilines is 1. The molecule has 9 nitrogen and oxygen atoms in total. The average Bonchev–Trinajstić information content (AvgIpc) is 2.94. The third-order valence-corrected chi connectivity index (χ3v) is 3.94. The predicted octanol–water partition coefficient (Wildman–Crippen LogP) is 1.09. The van der Waals surface area contributed by atoms with Crippen molar-refractivity contribution >= 4 is 35.3 Å². The summed E-state index contributed by atoms with van der Waals surface area (Å²) >= 11 is 0. The van der Waals surface area contributed by atoms with Gasteiger partial charge in [-0.3, -0.25) is 24.1 Å². The molecule has 1 aliphatic heterocycles. The van der Waals surface area contributed by atoms with Crippen LogP contribution in [0.2, 0.25) is 0 Å². The fourth-order valence-corrected chi connectivity index (χ4v) is 2.40. The van der Waals surface area contributed by atoms with E-state index in [0.717, 1.165) is 4.90 Å². The van der Waals surface area contributed by atoms with E-state index < -0.39 is 24.0 Å². The lowest BCUT2D eigenvalue weighted by molar-refractivity contribution is -0.153. The van der Waals surface area contributed by atoms with E-state index in [1.807, 2.05) is 0 Å². The van der Waals surface area contributed by atoms with Crippen LogP contribution in [0.1, 0.15) is 37.0 Å². The van der Waals surface area contributed by atoms with Gasteiger partial charge >= 0.3 is 12.0 Å². The van der Waals surface area contributed by atoms with Crippen LogP contribution in [0.5, 0.6) is 0 Å². The summed E-state index contributed by atoms with van der Waals surface area (Å²) in [5.74, 6) is -1.52. The number of hydrogen-bond donors (Lipinski definition) is 2. The van der Waals surface area contributed by atoms with Gasteiger partial charge in [-0.1, -0.05) is 0 Å². The zero-order valence-corrected chi connectivity index (χ0v) is 15.1. The zero-order chi connectivity index (χ0) is 20.0. The Balaban J connectivity index is 1.74. The summed E-state index contributed by atoms with van der Waals surface area (Å²) < 4.78 is 5.06. The fraction of sp³-hybridized carbons (Fsp3) is 0.389. The van der Waals surface area contributed by atoms with Gasteiger partial charge in [-0.05, 0) is 44.5 Å². The molecule has 0 bridgehead atoms. The van der Waals surface area contributed by atoms with Gasteiger partial charge in [-0.15, -0.1) is 0 Å². The number of ether oxygens (including phenoxy) is 1. The van der Waals surface area contributed by atoms with Gasteiger partial charge in [0.05, 0.1) is 6.54 Å². The quantitative estimate of drug-likeness (QED) is 0.398. The van der Waals surface area contributed by atoms with Crippen molar-refractivity contribution in [2.45, 2.75) is 32.8 Å². The number of nitrogens with one attached hydrogen (secondary N) is 2. The average molecular weight is 375 g/mol. The number of carbonyl (C=O) groups is 5. The Morgan fingerprint density at radius 2 is 1.89 bits per heavy atom. The van der Waals surface area contributed by atoms with Crippen LogP contribution in [0.4, 0.5) is 10.5 Å². The van der Waals surface area contributed by atoms with Crippen molar-refractivity contribution < 1.29 is 28.7 Å². The Morgan fingerprint density at radius 3 is 2.44 bits per heavy atom. The Morgan fingerprint density at radius 1 is 1.22 bits per heavy atom. The maximum absolute atomic E-state index is 12.1. The van der Waals surface area contributed by atoms with Gasteiger partial charge < -0.3 is 15.4 Å². The van der Waals surface area contributed by atoms with E-state index in [9.17, 15) is 24.0 Å². The van der Waals surface area contributed by atoms with Crippen LogP contribution >= 0.6 is 0 Å². The molecule has 0 aromatic heterocycles. The molecule has 0 unspecified atom stereocenters. The predicted molar refractivity (Wildman–Crippen MR) is 95.0 cm³/mol. The number of hydrogen-bond acceptors (Lipinski definition) is 6. The number of esters is 1. The molecule has 1 heterocycles. The van der Waals surface area contributed by atoms with Crippen molar-refractivity contribution in [3.63, 3.8) is 0 Å². The molecule has 1 aliphatic rings. The van der Waals surface area contributed by atoms with E-state index in [0.29, 0.717) is 11.3 Å². The van der Waals surface area contributed by atoms with Crippen molar-refractivity contribution in [3.05, 3.63) is 29.8 Å². The van der Waals surface area contributed by atoms with E-state index in [4.69, 9.17) is 4.74 Å². The van der Waals surface area contributed by atoms with Gasteiger partial charge in [0.1, 0.15) is 0 Å². The van der Waals surface area contributed by atoms with Crippen molar-refractivity contribution in [3.8, 4) is 0 Å². The molecule has 4 amide bonds. The number of imide groups is 1. The molecule has 2 N–H and O–H groups in total. The third kappa shape index (κ3) is 5.63. The van der Waals surface area contributed by atoms with E-state index in [1.54, 1.807) is 24.3 Å². The van der Waals surface area contributed by atoms with E-state index in [1.165, 1.54) is 13.8 Å². The number of rotatable bonds is 8. The highest BCUT2D eigenvalue weighted by atomic mass is 16.5. The molecule has 1 atom stereocenters. The minimum Gasteiger partial charge on any atom is -0.453 e. The molecular weight excluding hydrogens is 354 g/mol. The number of carbonyl (C=O) groups excluding carboxylic acids is 5. The molecule has 0 radical (unpaired) electrons. The lowest BCUT2D eigenvalue weighted by atomic mass is 10.1. The number of ketones is 1. The summed E-state index contributed by atoms with van der Waals surface area (Å²) in [5.41, 5.74) is 1.00. The second-order valence-corrected chi connectivity index (χ2v) is 6.06. The van der Waals surface area contributed by atoms with Gasteiger partial charge in [0.2, 0.25) is 5.91 Å². The highest BCUT2D eigenvalue weighted by molar-refractivity contribution is 6.02. The first-order chi connectivity index (χ1) is 12.8. The number of nitrogens with zero attached hydrogens (tertiary/aromatic N) is 1. The van der Waals surface area contributed by atoms with Gasteiger partial charge in [-0.25, -0.2) is 4.79 Å². The lowest BCUT2D eigenvalue weighted by Crippen LogP contribution is -2.33. The topological polar surface area (TPSA) is 122 Å². The Kier molecular flexibility index (Phi) is 6.64. The summed E-state index contributed by atoms with van der Waals surface area (Å²) in [7, 11) is 0. The third-order valence-electron chi connectivity index (χ3n) is 3.94. The van der Waals surface area contributed by atoms with Crippen molar-refractivity contribution in [1.29, 1.82) is 0 Å². The van der Waals surface area contributed by atoms with Crippen molar-refractivity contribution in [2.75, 3.05) is 18.4 Å². The van der Waals surface area contributed by atoms with Gasteiger partial charge in [0, 0.05) is 24.2 Å². The maximum atomic E-state index is 12.1. The molecule has 1 aromatic carbocycles. The molecule has 1 aromatic rings. The van der Waals surface area contributed by atoms with Crippen LogP contribution in [0.15, 0.2) is 24.3 Å². The first-order valence-electron chi connectivity index (χ1n) is 8.47. The van der Waals surface area contributed by atoms with Gasteiger partial charge in [0.15, 0.2) is 11.9 Å². The zero-order valence-electron chi connectivity index (χ0n) is 15.1. The lowest BCUT2D eigenvalue weighted by Gasteiger charge is -2.15. The first-order valence-corrected chi connectivity index (χ1v) is 8.47. The van der Waals surface area contributed by atoms with Crippen LogP contribution in [-0.2, 0) is 19.1 Å². The molecule has 1 fully saturated rings. The standard InChI is InChI=1S/C18H21N3O6/c1-11(22)13-5-7-14(8-6-13)20-17(25)12(2)27-16(24)4-3-9-21-15(23)10-19-18(21)26/h5-8,12H,3-4,9-10H2,1-2H3,(H,19,26)(H,20,25)/t12-/m1/s1. The van der Waals surface area contributed by atoms with Crippen LogP contribution in [-0.4, -0.2) is 53.7 Å². The smallest absolute Gasteiger partial charge is 0.324 e. The SMILES string of the molecule is CC(=O)c1ccc(NC(=O)[C@@H](C)OC(=O)CCCN2C(=O)CNC2=O)cc1. The highest BCUT2D eigenvalue weighted by Crippen LogP contribution is 2.11. The van der Waals surface area contributed by atoms with Crippen LogP contribution in [0, 0.1) is 0 Å². The second-order valence-electron chi connectivity index (χ2n) is 6.06. The summed E-state index contributed by atoms with van der Waals surface area (Å²) in [6, 6.07) is 5.87. The molecule has 0 spiro atoms. The molecule has 27 heavy (non-hydrogen) atoms. The van der Waals surface area contributed by atoms with Crippen molar-refractivity contribution in [2.24, 2.45) is 0 Å². The molecular formula is C18H21N3O6. The second kappa shape index (κ2) is 8.93. The minimum atomic E-state index is -1.01. The first kappa shape index (κ1) is 20.1. The molecule has 144 valence electrons. The van der Waals surface area contributed by atoms with Crippen LogP contribution < -0.4 is 10.6 Å². The van der Waals surface area contributed by atoms with E-state index in [2.05, 4.69) is 10.6 Å². The maximum Gasteiger partial charge on any atom is 0.324 e. The molecule has 0 saturated carbocycles. The number of benzene rings is 1. The molecule has 0 aliphatic carbocycles. The van der Waals surface area contributed by atoms with Gasteiger partial charge in [-0.2, -0.15) is 0 Å². The van der Waals surface area contributed by atoms with Gasteiger partial charge in [0.25, 0.3) is 5.91 Å². The fourth-order valence-electron chi connectivity index (χ4n) is 2.40. The highest BCUT2D eigenvalue weighted by Gasteiger charge is 2.28. The summed E-state index contributed by atoms with van der Waals surface area (Å²) in [5, 5.41) is 4.98. The van der Waals surface area contributed by atoms with Crippen LogP contribution in [0.25, 0.3) is 0 Å². The molecule has 1 saturated heterocycles. The monoisotopic (exact) mass is 375 g/mol. The molecule has 9 heteroatoms. The minimum absolute atomic E-state index is 0.0258. The van der Waals surface area contributed by atoms with E-state index >= 15 is 0 Å². The van der Waals surface area contributed by atoms with Crippen molar-refractivity contribution in [1.82, 2.24) is 10.2 Å². The largest absolute Gasteiger partial charge is 0.453 e. The summed E-state index contributed by atoms with van der Waals surface area (Å²) in [6.45, 7) is 2.96. The Labute approximate surface area is 156 Å². The Bertz CT molecular complexity index is 743. The summed E-state index contributed by atoms with van der Waals surface area (Å²) in [4.78, 5) is 58.9. The normalized spacial score (nSPS) is 14.5. The summed E-state index contributed by atoms with van der Waals surface area (Å²) in [6.07, 6.45) is -0.789. The molecule has 2 rings (SSSR count).